The van der Waals surface area contributed by atoms with E-state index in [-0.39, 0.29) is 0 Å². The summed E-state index contributed by atoms with van der Waals surface area (Å²) in [7, 11) is 0. The Morgan fingerprint density at radius 1 is 1.07 bits per heavy atom. The zero-order chi connectivity index (χ0) is 10.5. The fraction of sp³-hybridized carbons (Fsp3) is 0.0769. The van der Waals surface area contributed by atoms with E-state index in [0.717, 1.165) is 10.4 Å². The first-order valence-corrected chi connectivity index (χ1v) is 5.69. The van der Waals surface area contributed by atoms with E-state index in [1.807, 2.05) is 53.9 Å². The molecule has 2 aromatic rings. The van der Waals surface area contributed by atoms with Crippen molar-refractivity contribution in [3.63, 3.8) is 0 Å². The number of hydrogen-bond donors (Lipinski definition) is 1. The van der Waals surface area contributed by atoms with E-state index in [2.05, 4.69) is 0 Å². The third kappa shape index (κ3) is 2.78. The summed E-state index contributed by atoms with van der Waals surface area (Å²) < 4.78 is 0. The highest BCUT2D eigenvalue weighted by Crippen LogP contribution is 2.20. The van der Waals surface area contributed by atoms with Gasteiger partial charge in [-0.25, -0.2) is 0 Å². The van der Waals surface area contributed by atoms with Gasteiger partial charge in [0.2, 0.25) is 0 Å². The normalized spacial score (nSPS) is 13.1. The van der Waals surface area contributed by atoms with Crippen LogP contribution in [0.3, 0.4) is 0 Å². The second-order valence-electron chi connectivity index (χ2n) is 3.23. The van der Waals surface area contributed by atoms with Crippen molar-refractivity contribution in [1.29, 1.82) is 0 Å². The highest BCUT2D eigenvalue weighted by atomic mass is 32.1. The quantitative estimate of drug-likeness (QED) is 0.832. The van der Waals surface area contributed by atoms with Gasteiger partial charge in [-0.15, -0.1) is 11.3 Å². The third-order valence-corrected chi connectivity index (χ3v) is 3.05. The summed E-state index contributed by atoms with van der Waals surface area (Å²) in [5.74, 6) is 0. The van der Waals surface area contributed by atoms with Crippen LogP contribution in [-0.2, 0) is 0 Å². The average Bonchev–Trinajstić information content (AvgIpc) is 2.81. The molecular weight excluding hydrogens is 204 g/mol. The lowest BCUT2D eigenvalue weighted by molar-refractivity contribution is 0.233. The van der Waals surface area contributed by atoms with Crippen LogP contribution in [0.4, 0.5) is 0 Å². The standard InChI is InChI=1S/C13H12OS/c14-12(13-7-4-10-15-13)9-8-11-5-2-1-3-6-11/h1-10,12,14H. The summed E-state index contributed by atoms with van der Waals surface area (Å²) in [5.41, 5.74) is 1.10. The molecule has 1 unspecified atom stereocenters. The maximum atomic E-state index is 9.79. The van der Waals surface area contributed by atoms with Crippen LogP contribution in [0.25, 0.3) is 6.08 Å². The van der Waals surface area contributed by atoms with E-state index >= 15 is 0 Å². The van der Waals surface area contributed by atoms with Crippen LogP contribution >= 0.6 is 11.3 Å². The smallest absolute Gasteiger partial charge is 0.107 e. The van der Waals surface area contributed by atoms with E-state index in [1.54, 1.807) is 17.4 Å². The summed E-state index contributed by atoms with van der Waals surface area (Å²) in [4.78, 5) is 0.974. The van der Waals surface area contributed by atoms with Gasteiger partial charge in [0.05, 0.1) is 0 Å². The van der Waals surface area contributed by atoms with E-state index in [9.17, 15) is 5.11 Å². The van der Waals surface area contributed by atoms with Crippen molar-refractivity contribution in [2.75, 3.05) is 0 Å². The lowest BCUT2D eigenvalue weighted by Crippen LogP contribution is -1.87. The van der Waals surface area contributed by atoms with Crippen LogP contribution in [0.15, 0.2) is 53.9 Å². The fourth-order valence-electron chi connectivity index (χ4n) is 1.32. The first-order valence-electron chi connectivity index (χ1n) is 4.81. The number of rotatable bonds is 3. The molecule has 1 aromatic carbocycles. The minimum atomic E-state index is -0.495. The van der Waals surface area contributed by atoms with Crippen molar-refractivity contribution in [2.45, 2.75) is 6.10 Å². The molecular formula is C13H12OS. The highest BCUT2D eigenvalue weighted by Gasteiger charge is 2.02. The molecule has 0 bridgehead atoms. The molecule has 0 radical (unpaired) electrons. The first kappa shape index (κ1) is 10.1. The van der Waals surface area contributed by atoms with Crippen LogP contribution in [-0.4, -0.2) is 5.11 Å². The van der Waals surface area contributed by atoms with Crippen molar-refractivity contribution in [1.82, 2.24) is 0 Å². The van der Waals surface area contributed by atoms with Crippen molar-refractivity contribution in [3.8, 4) is 0 Å². The van der Waals surface area contributed by atoms with Gasteiger partial charge in [0, 0.05) is 4.88 Å². The molecule has 1 heterocycles. The molecule has 0 saturated carbocycles. The summed E-state index contributed by atoms with van der Waals surface area (Å²) in [6, 6.07) is 13.8. The number of thiophene rings is 1. The Morgan fingerprint density at radius 3 is 2.53 bits per heavy atom. The average molecular weight is 216 g/mol. The molecule has 2 heteroatoms. The Bertz CT molecular complexity index is 417. The van der Waals surface area contributed by atoms with Crippen molar-refractivity contribution < 1.29 is 5.11 Å². The molecule has 1 aromatic heterocycles. The van der Waals surface area contributed by atoms with Crippen LogP contribution in [0, 0.1) is 0 Å². The van der Waals surface area contributed by atoms with Gasteiger partial charge in [0.15, 0.2) is 0 Å². The lowest BCUT2D eigenvalue weighted by atomic mass is 10.2. The van der Waals surface area contributed by atoms with Gasteiger partial charge in [-0.2, -0.15) is 0 Å². The van der Waals surface area contributed by atoms with Gasteiger partial charge in [0.1, 0.15) is 6.10 Å². The van der Waals surface area contributed by atoms with Gasteiger partial charge >= 0.3 is 0 Å². The molecule has 0 amide bonds. The van der Waals surface area contributed by atoms with Crippen molar-refractivity contribution in [3.05, 3.63) is 64.4 Å². The van der Waals surface area contributed by atoms with Crippen LogP contribution in [0.2, 0.25) is 0 Å². The summed E-state index contributed by atoms with van der Waals surface area (Å²) >= 11 is 1.56. The molecule has 0 aliphatic rings. The summed E-state index contributed by atoms with van der Waals surface area (Å²) in [6.07, 6.45) is 3.25. The van der Waals surface area contributed by atoms with Gasteiger partial charge in [0.25, 0.3) is 0 Å². The van der Waals surface area contributed by atoms with Crippen LogP contribution in [0.5, 0.6) is 0 Å². The first-order chi connectivity index (χ1) is 7.36. The predicted molar refractivity (Wildman–Crippen MR) is 64.8 cm³/mol. The third-order valence-electron chi connectivity index (χ3n) is 2.11. The highest BCUT2D eigenvalue weighted by molar-refractivity contribution is 7.10. The minimum Gasteiger partial charge on any atom is -0.383 e. The molecule has 15 heavy (non-hydrogen) atoms. The van der Waals surface area contributed by atoms with Gasteiger partial charge in [-0.1, -0.05) is 48.6 Å². The van der Waals surface area contributed by atoms with E-state index in [1.165, 1.54) is 0 Å². The molecule has 0 spiro atoms. The largest absolute Gasteiger partial charge is 0.383 e. The lowest BCUT2D eigenvalue weighted by Gasteiger charge is -2.00. The maximum absolute atomic E-state index is 9.79. The molecule has 1 nitrogen and oxygen atoms in total. The Morgan fingerprint density at radius 2 is 1.87 bits per heavy atom. The van der Waals surface area contributed by atoms with Crippen molar-refractivity contribution in [2.24, 2.45) is 0 Å². The second kappa shape index (κ2) is 4.91. The van der Waals surface area contributed by atoms with E-state index in [0.29, 0.717) is 0 Å². The Balaban J connectivity index is 2.06. The predicted octanol–water partition coefficient (Wildman–Crippen LogP) is 3.49. The topological polar surface area (TPSA) is 20.2 Å². The van der Waals surface area contributed by atoms with Crippen LogP contribution < -0.4 is 0 Å². The van der Waals surface area contributed by atoms with Crippen LogP contribution in [0.1, 0.15) is 16.5 Å². The number of benzene rings is 1. The minimum absolute atomic E-state index is 0.495. The molecule has 0 aliphatic heterocycles. The molecule has 0 saturated heterocycles. The molecule has 2 rings (SSSR count). The second-order valence-corrected chi connectivity index (χ2v) is 4.21. The number of aliphatic hydroxyl groups excluding tert-OH is 1. The fourth-order valence-corrected chi connectivity index (χ4v) is 2.01. The van der Waals surface area contributed by atoms with E-state index < -0.39 is 6.10 Å². The number of aliphatic hydroxyl groups is 1. The van der Waals surface area contributed by atoms with Gasteiger partial charge < -0.3 is 5.11 Å². The maximum Gasteiger partial charge on any atom is 0.107 e. The summed E-state index contributed by atoms with van der Waals surface area (Å²) in [6.45, 7) is 0. The Hall–Kier alpha value is -1.38. The zero-order valence-electron chi connectivity index (χ0n) is 8.21. The van der Waals surface area contributed by atoms with Crippen molar-refractivity contribution >= 4 is 17.4 Å². The summed E-state index contributed by atoms with van der Waals surface area (Å²) in [5, 5.41) is 11.8. The van der Waals surface area contributed by atoms with E-state index in [4.69, 9.17) is 0 Å². The van der Waals surface area contributed by atoms with Gasteiger partial charge in [-0.3, -0.25) is 0 Å². The van der Waals surface area contributed by atoms with Gasteiger partial charge in [-0.05, 0) is 17.0 Å². The monoisotopic (exact) mass is 216 g/mol. The molecule has 0 fully saturated rings. The zero-order valence-corrected chi connectivity index (χ0v) is 9.02. The molecule has 76 valence electrons. The SMILES string of the molecule is OC(C=Cc1ccccc1)c1cccs1. The molecule has 1 atom stereocenters. The molecule has 1 N–H and O–H groups in total. The Kier molecular flexibility index (Phi) is 3.33. The molecule has 0 aliphatic carbocycles. The number of hydrogen-bond acceptors (Lipinski definition) is 2. The Labute approximate surface area is 93.3 Å².